The lowest BCUT2D eigenvalue weighted by atomic mass is 10.5. The largest absolute Gasteiger partial charge is 0.480 e. The molecule has 21 heavy (non-hydrogen) atoms. The first-order valence-electron chi connectivity index (χ1n) is 5.83. The highest BCUT2D eigenvalue weighted by atomic mass is 32.2. The van der Waals surface area contributed by atoms with Crippen LogP contribution < -0.4 is 11.2 Å². The fourth-order valence-corrected chi connectivity index (χ4v) is 2.85. The summed E-state index contributed by atoms with van der Waals surface area (Å²) in [5.74, 6) is -1.35. The second kappa shape index (κ2) is 6.65. The van der Waals surface area contributed by atoms with E-state index in [-0.39, 0.29) is 13.1 Å². The SMILES string of the molecule is CN(C)CCN(CC(=O)O)S(=O)(=O)c1c[nH]c(=O)[nH]c1=O. The zero-order chi connectivity index (χ0) is 16.2. The Bertz CT molecular complexity index is 720. The van der Waals surface area contributed by atoms with E-state index < -0.39 is 38.7 Å². The zero-order valence-electron chi connectivity index (χ0n) is 11.5. The van der Waals surface area contributed by atoms with Crippen molar-refractivity contribution in [3.05, 3.63) is 27.0 Å². The summed E-state index contributed by atoms with van der Waals surface area (Å²) in [6.07, 6.45) is 0.751. The van der Waals surface area contributed by atoms with Crippen LogP contribution in [0.5, 0.6) is 0 Å². The van der Waals surface area contributed by atoms with Crippen LogP contribution in [0.1, 0.15) is 0 Å². The van der Waals surface area contributed by atoms with Crippen LogP contribution in [-0.4, -0.2) is 72.4 Å². The molecule has 0 radical (unpaired) electrons. The van der Waals surface area contributed by atoms with Gasteiger partial charge in [0.2, 0.25) is 0 Å². The molecular formula is C10H16N4O6S. The first-order chi connectivity index (χ1) is 9.64. The van der Waals surface area contributed by atoms with Crippen molar-refractivity contribution >= 4 is 16.0 Å². The summed E-state index contributed by atoms with van der Waals surface area (Å²) in [6.45, 7) is -0.622. The average molecular weight is 320 g/mol. The molecule has 0 aliphatic heterocycles. The van der Waals surface area contributed by atoms with Gasteiger partial charge in [-0.05, 0) is 14.1 Å². The van der Waals surface area contributed by atoms with Crippen LogP contribution in [0.15, 0.2) is 20.7 Å². The Balaban J connectivity index is 3.22. The van der Waals surface area contributed by atoms with E-state index in [9.17, 15) is 22.8 Å². The predicted octanol–water partition coefficient (Wildman–Crippen LogP) is -2.30. The number of hydrogen-bond donors (Lipinski definition) is 3. The zero-order valence-corrected chi connectivity index (χ0v) is 12.3. The number of H-pyrrole nitrogens is 2. The van der Waals surface area contributed by atoms with Gasteiger partial charge in [0.25, 0.3) is 15.6 Å². The van der Waals surface area contributed by atoms with Gasteiger partial charge < -0.3 is 15.0 Å². The highest BCUT2D eigenvalue weighted by Gasteiger charge is 2.29. The lowest BCUT2D eigenvalue weighted by molar-refractivity contribution is -0.137. The maximum atomic E-state index is 12.3. The molecule has 118 valence electrons. The molecule has 0 atom stereocenters. The number of carboxylic acids is 1. The minimum atomic E-state index is -4.33. The normalized spacial score (nSPS) is 12.0. The molecule has 0 saturated carbocycles. The van der Waals surface area contributed by atoms with E-state index in [1.165, 1.54) is 0 Å². The summed E-state index contributed by atoms with van der Waals surface area (Å²) in [7, 11) is -0.942. The van der Waals surface area contributed by atoms with E-state index in [0.29, 0.717) is 4.31 Å². The predicted molar refractivity (Wildman–Crippen MR) is 72.6 cm³/mol. The van der Waals surface area contributed by atoms with Crippen LogP contribution in [-0.2, 0) is 14.8 Å². The fourth-order valence-electron chi connectivity index (χ4n) is 1.47. The van der Waals surface area contributed by atoms with Crippen LogP contribution >= 0.6 is 0 Å². The monoisotopic (exact) mass is 320 g/mol. The number of aromatic nitrogens is 2. The number of carbonyl (C=O) groups is 1. The fraction of sp³-hybridized carbons (Fsp3) is 0.500. The first-order valence-corrected chi connectivity index (χ1v) is 7.27. The van der Waals surface area contributed by atoms with E-state index in [1.54, 1.807) is 24.0 Å². The number of aromatic amines is 2. The van der Waals surface area contributed by atoms with Gasteiger partial charge in [0.15, 0.2) is 4.90 Å². The molecular weight excluding hydrogens is 304 g/mol. The van der Waals surface area contributed by atoms with Crippen molar-refractivity contribution in [3.63, 3.8) is 0 Å². The van der Waals surface area contributed by atoms with Crippen molar-refractivity contribution < 1.29 is 18.3 Å². The van der Waals surface area contributed by atoms with Gasteiger partial charge in [0.05, 0.1) is 0 Å². The Morgan fingerprint density at radius 2 is 1.90 bits per heavy atom. The van der Waals surface area contributed by atoms with Gasteiger partial charge in [-0.15, -0.1) is 0 Å². The minimum Gasteiger partial charge on any atom is -0.480 e. The van der Waals surface area contributed by atoms with Crippen molar-refractivity contribution in [2.24, 2.45) is 0 Å². The van der Waals surface area contributed by atoms with Gasteiger partial charge in [-0.1, -0.05) is 0 Å². The number of sulfonamides is 1. The lowest BCUT2D eigenvalue weighted by Crippen LogP contribution is -2.42. The van der Waals surface area contributed by atoms with E-state index in [1.807, 2.05) is 4.98 Å². The summed E-state index contributed by atoms with van der Waals surface area (Å²) in [5, 5.41) is 8.81. The van der Waals surface area contributed by atoms with E-state index in [4.69, 9.17) is 5.11 Å². The molecule has 0 saturated heterocycles. The minimum absolute atomic E-state index is 0.111. The third kappa shape index (κ3) is 4.51. The summed E-state index contributed by atoms with van der Waals surface area (Å²) in [4.78, 5) is 38.1. The topological polar surface area (TPSA) is 144 Å². The second-order valence-electron chi connectivity index (χ2n) is 4.47. The standard InChI is InChI=1S/C10H16N4O6S/c1-13(2)3-4-14(6-8(15)16)21(19,20)7-5-11-10(18)12-9(7)17/h5H,3-4,6H2,1-2H3,(H,15,16)(H2,11,12,17,18). The molecule has 11 heteroatoms. The summed E-state index contributed by atoms with van der Waals surface area (Å²) in [5.41, 5.74) is -1.95. The van der Waals surface area contributed by atoms with Crippen LogP contribution in [0.25, 0.3) is 0 Å². The number of aliphatic carboxylic acids is 1. The molecule has 0 amide bonds. The van der Waals surface area contributed by atoms with Gasteiger partial charge in [0, 0.05) is 19.3 Å². The van der Waals surface area contributed by atoms with E-state index in [2.05, 4.69) is 0 Å². The van der Waals surface area contributed by atoms with Gasteiger partial charge in [-0.25, -0.2) is 13.2 Å². The van der Waals surface area contributed by atoms with Crippen molar-refractivity contribution in [1.29, 1.82) is 0 Å². The molecule has 0 aliphatic rings. The van der Waals surface area contributed by atoms with Crippen LogP contribution in [0, 0.1) is 0 Å². The quantitative estimate of drug-likeness (QED) is 0.512. The van der Waals surface area contributed by atoms with Crippen molar-refractivity contribution in [3.8, 4) is 0 Å². The summed E-state index contributed by atoms with van der Waals surface area (Å²) >= 11 is 0. The highest BCUT2D eigenvalue weighted by molar-refractivity contribution is 7.89. The maximum Gasteiger partial charge on any atom is 0.325 e. The smallest absolute Gasteiger partial charge is 0.325 e. The summed E-state index contributed by atoms with van der Waals surface area (Å²) < 4.78 is 25.3. The molecule has 1 aromatic heterocycles. The number of carboxylic acid groups (broad SMARTS) is 1. The Kier molecular flexibility index (Phi) is 5.41. The molecule has 10 nitrogen and oxygen atoms in total. The van der Waals surface area contributed by atoms with Crippen LogP contribution in [0.3, 0.4) is 0 Å². The lowest BCUT2D eigenvalue weighted by Gasteiger charge is -2.21. The van der Waals surface area contributed by atoms with E-state index >= 15 is 0 Å². The molecule has 0 fully saturated rings. The van der Waals surface area contributed by atoms with Crippen molar-refractivity contribution in [2.75, 3.05) is 33.7 Å². The second-order valence-corrected chi connectivity index (χ2v) is 6.38. The van der Waals surface area contributed by atoms with Crippen molar-refractivity contribution in [1.82, 2.24) is 19.2 Å². The Morgan fingerprint density at radius 1 is 1.29 bits per heavy atom. The molecule has 0 unspecified atom stereocenters. The van der Waals surface area contributed by atoms with Crippen molar-refractivity contribution in [2.45, 2.75) is 4.90 Å². The third-order valence-corrected chi connectivity index (χ3v) is 4.36. The number of nitrogens with one attached hydrogen (secondary N) is 2. The average Bonchev–Trinajstić information content (AvgIpc) is 2.33. The first kappa shape index (κ1) is 17.1. The van der Waals surface area contributed by atoms with Gasteiger partial charge in [0.1, 0.15) is 6.54 Å². The number of rotatable bonds is 7. The van der Waals surface area contributed by atoms with Crippen LogP contribution in [0.4, 0.5) is 0 Å². The molecule has 0 aliphatic carbocycles. The van der Waals surface area contributed by atoms with E-state index in [0.717, 1.165) is 6.20 Å². The number of hydrogen-bond acceptors (Lipinski definition) is 6. The highest BCUT2D eigenvalue weighted by Crippen LogP contribution is 2.09. The van der Waals surface area contributed by atoms with Crippen LogP contribution in [0.2, 0.25) is 0 Å². The number of likely N-dealkylation sites (N-methyl/N-ethyl adjacent to an activating group) is 1. The molecule has 1 aromatic rings. The summed E-state index contributed by atoms with van der Waals surface area (Å²) in [6, 6.07) is 0. The molecule has 0 spiro atoms. The third-order valence-electron chi connectivity index (χ3n) is 2.51. The Labute approximate surface area is 120 Å². The molecule has 0 bridgehead atoms. The van der Waals surface area contributed by atoms with Gasteiger partial charge in [-0.3, -0.25) is 14.6 Å². The molecule has 1 heterocycles. The molecule has 1 rings (SSSR count). The Hall–Kier alpha value is -1.98. The number of nitrogens with zero attached hydrogens (tertiary/aromatic N) is 2. The van der Waals surface area contributed by atoms with Gasteiger partial charge >= 0.3 is 11.7 Å². The maximum absolute atomic E-state index is 12.3. The molecule has 3 N–H and O–H groups in total. The van der Waals surface area contributed by atoms with Gasteiger partial charge in [-0.2, -0.15) is 4.31 Å². The Morgan fingerprint density at radius 3 is 2.38 bits per heavy atom. The molecule has 0 aromatic carbocycles.